The quantitative estimate of drug-likeness (QED) is 0.381. The number of hydrogen-bond donors (Lipinski definition) is 2. The highest BCUT2D eigenvalue weighted by atomic mass is 16.2. The number of likely N-dealkylation sites (tertiary alicyclic amines) is 2. The largest absolute Gasteiger partial charge is 0.325 e. The van der Waals surface area contributed by atoms with Crippen molar-refractivity contribution in [1.29, 1.82) is 0 Å². The fourth-order valence-electron chi connectivity index (χ4n) is 6.07. The van der Waals surface area contributed by atoms with Crippen molar-refractivity contribution in [3.63, 3.8) is 0 Å². The molecule has 10 nitrogen and oxygen atoms in total. The lowest BCUT2D eigenvalue weighted by atomic mass is 9.98. The van der Waals surface area contributed by atoms with Crippen molar-refractivity contribution in [1.82, 2.24) is 25.1 Å². The number of carbonyl (C=O) groups is 4. The highest BCUT2D eigenvalue weighted by Gasteiger charge is 2.36. The van der Waals surface area contributed by atoms with Gasteiger partial charge in [-0.25, -0.2) is 0 Å². The van der Waals surface area contributed by atoms with Crippen LogP contribution in [0.1, 0.15) is 58.6 Å². The Morgan fingerprint density at radius 1 is 0.739 bits per heavy atom. The summed E-state index contributed by atoms with van der Waals surface area (Å²) < 4.78 is 0. The minimum Gasteiger partial charge on any atom is -0.325 e. The summed E-state index contributed by atoms with van der Waals surface area (Å²) >= 11 is 0. The van der Waals surface area contributed by atoms with Crippen molar-refractivity contribution in [2.75, 3.05) is 18.4 Å². The Bertz CT molecular complexity index is 1670. The number of pyridine rings is 2. The van der Waals surface area contributed by atoms with Gasteiger partial charge in [-0.15, -0.1) is 0 Å². The molecule has 3 aliphatic rings. The first-order chi connectivity index (χ1) is 22.5. The number of carbonyl (C=O) groups excluding carboxylic acids is 4. The molecule has 2 aromatic heterocycles. The number of nitrogens with one attached hydrogen (secondary N) is 2. The maximum Gasteiger partial charge on any atom is 0.273 e. The van der Waals surface area contributed by atoms with Gasteiger partial charge in [-0.3, -0.25) is 29.1 Å². The van der Waals surface area contributed by atoms with Gasteiger partial charge in [0.15, 0.2) is 0 Å². The van der Waals surface area contributed by atoms with E-state index in [1.54, 1.807) is 58.6 Å². The van der Waals surface area contributed by atoms with E-state index in [-0.39, 0.29) is 29.5 Å². The van der Waals surface area contributed by atoms with Gasteiger partial charge in [0.05, 0.1) is 0 Å². The molecular formula is C36H36N6O4. The molecule has 0 spiro atoms. The molecule has 6 rings (SSSR count). The van der Waals surface area contributed by atoms with E-state index in [4.69, 9.17) is 0 Å². The van der Waals surface area contributed by atoms with Crippen LogP contribution in [-0.4, -0.2) is 68.6 Å². The Morgan fingerprint density at radius 3 is 1.85 bits per heavy atom. The Hall–Kier alpha value is -5.38. The molecular weight excluding hydrogens is 580 g/mol. The molecule has 2 N–H and O–H groups in total. The van der Waals surface area contributed by atoms with Crippen LogP contribution in [0.4, 0.5) is 5.69 Å². The third-order valence-electron chi connectivity index (χ3n) is 8.52. The van der Waals surface area contributed by atoms with E-state index in [1.165, 1.54) is 0 Å². The van der Waals surface area contributed by atoms with Crippen LogP contribution in [0.2, 0.25) is 0 Å². The standard InChI is InChI=1S/C36H36N6O4/c43-33(31-9-5-23-41(31)35(45)29-7-1-3-21-37-29)39-27-17-13-25(14-18-27)11-12-26-15-19-28(20-16-26)40-34(44)32-10-6-24-42(32)36(46)30-8-2-4-22-38-30/h1-4,7-8,11-15,17-22,26,31-32H,5-6,9-10,16,23-24H2,(H,39,43)(H,40,44)/b12-11+/t26?,31-,32-/m0/s1. The number of aromatic nitrogens is 2. The fourth-order valence-corrected chi connectivity index (χ4v) is 6.07. The molecule has 3 aromatic rings. The number of rotatable bonds is 8. The van der Waals surface area contributed by atoms with E-state index < -0.39 is 12.1 Å². The lowest BCUT2D eigenvalue weighted by Gasteiger charge is -2.24. The first-order valence-electron chi connectivity index (χ1n) is 15.7. The lowest BCUT2D eigenvalue weighted by Crippen LogP contribution is -2.45. The molecule has 3 atom stereocenters. The maximum atomic E-state index is 13.1. The molecule has 4 amide bonds. The molecule has 0 bridgehead atoms. The van der Waals surface area contributed by atoms with Gasteiger partial charge in [-0.1, -0.05) is 48.6 Å². The van der Waals surface area contributed by atoms with Gasteiger partial charge in [0.1, 0.15) is 23.5 Å². The fraction of sp³-hybridized carbons (Fsp3) is 0.278. The molecule has 1 aliphatic carbocycles. The van der Waals surface area contributed by atoms with Gasteiger partial charge >= 0.3 is 0 Å². The Kier molecular flexibility index (Phi) is 9.43. The zero-order chi connectivity index (χ0) is 31.9. The van der Waals surface area contributed by atoms with Crippen molar-refractivity contribution in [3.05, 3.63) is 120 Å². The minimum absolute atomic E-state index is 0.165. The molecule has 2 aliphatic heterocycles. The van der Waals surface area contributed by atoms with Crippen LogP contribution in [0.15, 0.2) is 103 Å². The topological polar surface area (TPSA) is 125 Å². The maximum absolute atomic E-state index is 13.1. The van der Waals surface area contributed by atoms with Crippen LogP contribution in [0.5, 0.6) is 0 Å². The van der Waals surface area contributed by atoms with E-state index in [2.05, 4.69) is 26.7 Å². The summed E-state index contributed by atoms with van der Waals surface area (Å²) in [6.07, 6.45) is 16.8. The second kappa shape index (κ2) is 14.2. The Labute approximate surface area is 267 Å². The van der Waals surface area contributed by atoms with Crippen molar-refractivity contribution >= 4 is 35.4 Å². The smallest absolute Gasteiger partial charge is 0.273 e. The minimum atomic E-state index is -0.527. The van der Waals surface area contributed by atoms with Crippen molar-refractivity contribution in [3.8, 4) is 0 Å². The van der Waals surface area contributed by atoms with Crippen molar-refractivity contribution < 1.29 is 19.2 Å². The predicted molar refractivity (Wildman–Crippen MR) is 174 cm³/mol. The van der Waals surface area contributed by atoms with Crippen LogP contribution >= 0.6 is 0 Å². The van der Waals surface area contributed by atoms with Gasteiger partial charge in [0.25, 0.3) is 11.8 Å². The summed E-state index contributed by atoms with van der Waals surface area (Å²) in [6.45, 7) is 1.07. The van der Waals surface area contributed by atoms with E-state index >= 15 is 0 Å². The zero-order valence-electron chi connectivity index (χ0n) is 25.4. The van der Waals surface area contributed by atoms with Crippen LogP contribution in [0.25, 0.3) is 6.08 Å². The number of amides is 4. The zero-order valence-corrected chi connectivity index (χ0v) is 25.4. The van der Waals surface area contributed by atoms with Crippen LogP contribution in [-0.2, 0) is 9.59 Å². The molecule has 1 unspecified atom stereocenters. The van der Waals surface area contributed by atoms with E-state index in [0.717, 1.165) is 30.5 Å². The van der Waals surface area contributed by atoms with E-state index in [9.17, 15) is 19.2 Å². The van der Waals surface area contributed by atoms with Gasteiger partial charge in [-0.05, 0) is 86.1 Å². The average molecular weight is 617 g/mol. The predicted octanol–water partition coefficient (Wildman–Crippen LogP) is 4.61. The van der Waals surface area contributed by atoms with Crippen LogP contribution in [0, 0.1) is 5.92 Å². The number of allylic oxidation sites excluding steroid dienone is 4. The molecule has 46 heavy (non-hydrogen) atoms. The number of nitrogens with zero attached hydrogens (tertiary/aromatic N) is 4. The second-order valence-electron chi connectivity index (χ2n) is 11.6. The Balaban J connectivity index is 0.979. The third kappa shape index (κ3) is 7.12. The number of anilines is 1. The summed E-state index contributed by atoms with van der Waals surface area (Å²) in [5.74, 6) is -0.667. The van der Waals surface area contributed by atoms with Crippen LogP contribution < -0.4 is 10.6 Å². The monoisotopic (exact) mass is 616 g/mol. The second-order valence-corrected chi connectivity index (χ2v) is 11.6. The summed E-state index contributed by atoms with van der Waals surface area (Å²) in [4.78, 5) is 63.4. The molecule has 10 heteroatoms. The molecule has 4 heterocycles. The van der Waals surface area contributed by atoms with Crippen molar-refractivity contribution in [2.45, 2.75) is 44.2 Å². The van der Waals surface area contributed by atoms with E-state index in [1.807, 2.05) is 48.6 Å². The summed E-state index contributed by atoms with van der Waals surface area (Å²) in [7, 11) is 0. The first kappa shape index (κ1) is 30.6. The number of hydrogen-bond acceptors (Lipinski definition) is 6. The molecule has 0 radical (unpaired) electrons. The normalized spacial score (nSPS) is 20.9. The molecule has 0 saturated carbocycles. The number of benzene rings is 1. The van der Waals surface area contributed by atoms with Gasteiger partial charge in [0.2, 0.25) is 11.8 Å². The Morgan fingerprint density at radius 2 is 1.33 bits per heavy atom. The van der Waals surface area contributed by atoms with Crippen LogP contribution in [0.3, 0.4) is 0 Å². The molecule has 234 valence electrons. The third-order valence-corrected chi connectivity index (χ3v) is 8.52. The summed E-state index contributed by atoms with van der Waals surface area (Å²) in [5.41, 5.74) is 3.07. The highest BCUT2D eigenvalue weighted by Crippen LogP contribution is 2.24. The molecule has 1 aromatic carbocycles. The summed E-state index contributed by atoms with van der Waals surface area (Å²) in [6, 6.07) is 16.9. The lowest BCUT2D eigenvalue weighted by molar-refractivity contribution is -0.124. The summed E-state index contributed by atoms with van der Waals surface area (Å²) in [5, 5.41) is 5.94. The van der Waals surface area contributed by atoms with Crippen molar-refractivity contribution in [2.24, 2.45) is 5.92 Å². The first-order valence-corrected chi connectivity index (χ1v) is 15.7. The van der Waals surface area contributed by atoms with Gasteiger partial charge in [0, 0.05) is 36.9 Å². The van der Waals surface area contributed by atoms with E-state index in [0.29, 0.717) is 43.0 Å². The molecule has 2 saturated heterocycles. The average Bonchev–Trinajstić information content (AvgIpc) is 3.80. The van der Waals surface area contributed by atoms with Gasteiger partial charge in [-0.2, -0.15) is 0 Å². The molecule has 2 fully saturated rings. The van der Waals surface area contributed by atoms with Gasteiger partial charge < -0.3 is 20.4 Å². The highest BCUT2D eigenvalue weighted by molar-refractivity contribution is 6.01. The SMILES string of the molecule is O=C(NC1=CCC(/C=C/c2ccc(NC(=O)[C@@H]3CCCN3C(=O)c3ccccn3)cc2)C=C1)[C@@H]1CCCN1C(=O)c1ccccn1.